The molecule has 0 fully saturated rings. The van der Waals surface area contributed by atoms with Gasteiger partial charge in [-0.25, -0.2) is 4.39 Å². The third kappa shape index (κ3) is 3.28. The van der Waals surface area contributed by atoms with Crippen LogP contribution in [-0.4, -0.2) is 6.21 Å². The normalized spacial score (nSPS) is 11.1. The molecule has 104 valence electrons. The molecule has 0 amide bonds. The second-order valence-corrected chi connectivity index (χ2v) is 5.33. The number of halogens is 2. The Morgan fingerprint density at radius 3 is 2.48 bits per heavy atom. The van der Waals surface area contributed by atoms with Crippen molar-refractivity contribution in [1.82, 2.24) is 0 Å². The first kappa shape index (κ1) is 13.8. The third-order valence-electron chi connectivity index (χ3n) is 2.93. The molecule has 1 heterocycles. The highest BCUT2D eigenvalue weighted by atomic mass is 79.9. The summed E-state index contributed by atoms with van der Waals surface area (Å²) in [5.41, 5.74) is 1.27. The summed E-state index contributed by atoms with van der Waals surface area (Å²) in [5, 5.41) is 0. The Morgan fingerprint density at radius 2 is 1.71 bits per heavy atom. The molecule has 0 radical (unpaired) electrons. The average molecular weight is 344 g/mol. The second kappa shape index (κ2) is 6.06. The van der Waals surface area contributed by atoms with Crippen LogP contribution in [-0.2, 0) is 0 Å². The van der Waals surface area contributed by atoms with Crippen LogP contribution in [0.15, 0.2) is 74.5 Å². The lowest BCUT2D eigenvalue weighted by atomic mass is 10.1. The minimum absolute atomic E-state index is 0.303. The molecule has 2 nitrogen and oxygen atoms in total. The van der Waals surface area contributed by atoms with E-state index in [1.807, 2.05) is 24.3 Å². The average Bonchev–Trinajstić information content (AvgIpc) is 2.96. The van der Waals surface area contributed by atoms with Gasteiger partial charge >= 0.3 is 0 Å². The van der Waals surface area contributed by atoms with Crippen molar-refractivity contribution in [3.8, 4) is 11.3 Å². The van der Waals surface area contributed by atoms with E-state index in [1.54, 1.807) is 36.5 Å². The van der Waals surface area contributed by atoms with E-state index in [4.69, 9.17) is 4.42 Å². The maximum Gasteiger partial charge on any atom is 0.145 e. The number of aliphatic imine (C=N–C) groups is 1. The largest absolute Gasteiger partial charge is 0.455 e. The molecule has 1 aromatic heterocycles. The fourth-order valence-electron chi connectivity index (χ4n) is 1.89. The highest BCUT2D eigenvalue weighted by Crippen LogP contribution is 2.24. The summed E-state index contributed by atoms with van der Waals surface area (Å²) in [5.74, 6) is 0.768. The van der Waals surface area contributed by atoms with Gasteiger partial charge in [0.15, 0.2) is 0 Å². The first-order valence-electron chi connectivity index (χ1n) is 6.37. The van der Waals surface area contributed by atoms with Crippen LogP contribution < -0.4 is 0 Å². The number of rotatable bonds is 3. The third-order valence-corrected chi connectivity index (χ3v) is 3.46. The van der Waals surface area contributed by atoms with E-state index in [0.717, 1.165) is 10.2 Å². The molecule has 0 aliphatic heterocycles. The van der Waals surface area contributed by atoms with E-state index >= 15 is 0 Å². The Bertz CT molecular complexity index is 777. The van der Waals surface area contributed by atoms with Crippen LogP contribution in [0.2, 0.25) is 0 Å². The van der Waals surface area contributed by atoms with Gasteiger partial charge in [-0.1, -0.05) is 28.1 Å². The van der Waals surface area contributed by atoms with Gasteiger partial charge in [0.05, 0.1) is 17.5 Å². The molecule has 3 rings (SSSR count). The van der Waals surface area contributed by atoms with Crippen molar-refractivity contribution in [3.63, 3.8) is 0 Å². The van der Waals surface area contributed by atoms with Crippen LogP contribution >= 0.6 is 15.9 Å². The van der Waals surface area contributed by atoms with E-state index in [0.29, 0.717) is 17.1 Å². The Labute approximate surface area is 130 Å². The molecule has 0 bridgehead atoms. The van der Waals surface area contributed by atoms with Crippen LogP contribution in [0.5, 0.6) is 0 Å². The lowest BCUT2D eigenvalue weighted by molar-refractivity contribution is 0.564. The van der Waals surface area contributed by atoms with Crippen molar-refractivity contribution in [2.75, 3.05) is 0 Å². The standard InChI is InChI=1S/C17H11BrFNO/c18-12-5-7-13(8-6-12)20-11-14-9-10-17(21-14)15-3-1-2-4-16(15)19/h1-11H. The van der Waals surface area contributed by atoms with Gasteiger partial charge in [0.1, 0.15) is 17.3 Å². The van der Waals surface area contributed by atoms with Crippen LogP contribution in [0.3, 0.4) is 0 Å². The van der Waals surface area contributed by atoms with Crippen LogP contribution in [0.4, 0.5) is 10.1 Å². The van der Waals surface area contributed by atoms with Crippen molar-refractivity contribution in [2.45, 2.75) is 0 Å². The van der Waals surface area contributed by atoms with Crippen molar-refractivity contribution in [2.24, 2.45) is 4.99 Å². The highest BCUT2D eigenvalue weighted by molar-refractivity contribution is 9.10. The van der Waals surface area contributed by atoms with Crippen molar-refractivity contribution in [1.29, 1.82) is 0 Å². The first-order chi connectivity index (χ1) is 10.2. The van der Waals surface area contributed by atoms with Crippen LogP contribution in [0.25, 0.3) is 11.3 Å². The Kier molecular flexibility index (Phi) is 3.97. The van der Waals surface area contributed by atoms with Crippen molar-refractivity contribution < 1.29 is 8.81 Å². The molecule has 21 heavy (non-hydrogen) atoms. The Balaban J connectivity index is 1.82. The fraction of sp³-hybridized carbons (Fsp3) is 0. The molecule has 0 saturated heterocycles. The summed E-state index contributed by atoms with van der Waals surface area (Å²) in [7, 11) is 0. The van der Waals surface area contributed by atoms with E-state index in [9.17, 15) is 4.39 Å². The van der Waals surface area contributed by atoms with Gasteiger partial charge in [0, 0.05) is 4.47 Å². The van der Waals surface area contributed by atoms with E-state index in [1.165, 1.54) is 6.07 Å². The molecule has 4 heteroatoms. The molecule has 2 aromatic carbocycles. The molecule has 0 unspecified atom stereocenters. The first-order valence-corrected chi connectivity index (χ1v) is 7.16. The molecule has 0 aliphatic rings. The molecule has 0 spiro atoms. The number of benzene rings is 2. The SMILES string of the molecule is Fc1ccccc1-c1ccc(C=Nc2ccc(Br)cc2)o1. The van der Waals surface area contributed by atoms with Gasteiger partial charge in [-0.3, -0.25) is 4.99 Å². The number of hydrogen-bond acceptors (Lipinski definition) is 2. The lowest BCUT2D eigenvalue weighted by Crippen LogP contribution is -1.80. The summed E-state index contributed by atoms with van der Waals surface area (Å²) in [4.78, 5) is 4.31. The lowest BCUT2D eigenvalue weighted by Gasteiger charge is -1.97. The van der Waals surface area contributed by atoms with Gasteiger partial charge in [0.25, 0.3) is 0 Å². The Hall–Kier alpha value is -2.20. The van der Waals surface area contributed by atoms with Gasteiger partial charge in [0.2, 0.25) is 0 Å². The van der Waals surface area contributed by atoms with Crippen LogP contribution in [0, 0.1) is 5.82 Å². The van der Waals surface area contributed by atoms with Crippen molar-refractivity contribution in [3.05, 3.63) is 76.7 Å². The summed E-state index contributed by atoms with van der Waals surface area (Å²) in [6.45, 7) is 0. The van der Waals surface area contributed by atoms with Gasteiger partial charge in [-0.2, -0.15) is 0 Å². The van der Waals surface area contributed by atoms with Crippen LogP contribution in [0.1, 0.15) is 5.76 Å². The van der Waals surface area contributed by atoms with E-state index in [2.05, 4.69) is 20.9 Å². The molecule has 0 aliphatic carbocycles. The van der Waals surface area contributed by atoms with Gasteiger partial charge < -0.3 is 4.42 Å². The van der Waals surface area contributed by atoms with Crippen molar-refractivity contribution >= 4 is 27.8 Å². The minimum Gasteiger partial charge on any atom is -0.455 e. The molecule has 3 aromatic rings. The molecule has 0 atom stereocenters. The predicted octanol–water partition coefficient (Wildman–Crippen LogP) is 5.60. The number of furan rings is 1. The monoisotopic (exact) mass is 343 g/mol. The quantitative estimate of drug-likeness (QED) is 0.568. The summed E-state index contributed by atoms with van der Waals surface area (Å²) < 4.78 is 20.3. The summed E-state index contributed by atoms with van der Waals surface area (Å²) in [6, 6.07) is 17.6. The zero-order valence-electron chi connectivity index (χ0n) is 11.0. The predicted molar refractivity (Wildman–Crippen MR) is 85.5 cm³/mol. The fourth-order valence-corrected chi connectivity index (χ4v) is 2.16. The minimum atomic E-state index is -0.303. The topological polar surface area (TPSA) is 25.5 Å². The van der Waals surface area contributed by atoms with E-state index < -0.39 is 0 Å². The summed E-state index contributed by atoms with van der Waals surface area (Å²) in [6.07, 6.45) is 1.62. The molecular weight excluding hydrogens is 333 g/mol. The maximum absolute atomic E-state index is 13.7. The maximum atomic E-state index is 13.7. The highest BCUT2D eigenvalue weighted by Gasteiger charge is 2.07. The molecule has 0 N–H and O–H groups in total. The Morgan fingerprint density at radius 1 is 0.952 bits per heavy atom. The van der Waals surface area contributed by atoms with E-state index in [-0.39, 0.29) is 5.82 Å². The molecular formula is C17H11BrFNO. The zero-order valence-corrected chi connectivity index (χ0v) is 12.5. The summed E-state index contributed by atoms with van der Waals surface area (Å²) >= 11 is 3.37. The second-order valence-electron chi connectivity index (χ2n) is 4.42. The number of hydrogen-bond donors (Lipinski definition) is 0. The number of nitrogens with zero attached hydrogens (tertiary/aromatic N) is 1. The van der Waals surface area contributed by atoms with Gasteiger partial charge in [-0.05, 0) is 48.5 Å². The smallest absolute Gasteiger partial charge is 0.145 e. The molecule has 0 saturated carbocycles. The zero-order chi connectivity index (χ0) is 14.7. The van der Waals surface area contributed by atoms with Gasteiger partial charge in [-0.15, -0.1) is 0 Å².